The minimum absolute atomic E-state index is 0.846. The second-order valence-corrected chi connectivity index (χ2v) is 26.8. The summed E-state index contributed by atoms with van der Waals surface area (Å²) in [5.74, 6) is 0. The van der Waals surface area contributed by atoms with Gasteiger partial charge in [-0.1, -0.05) is 36.9 Å². The van der Waals surface area contributed by atoms with Gasteiger partial charge in [-0.2, -0.15) is 0 Å². The van der Waals surface area contributed by atoms with E-state index in [0.717, 1.165) is 18.0 Å². The fourth-order valence-corrected chi connectivity index (χ4v) is 17.4. The largest absolute Gasteiger partial charge is 0.469 e. The molecule has 1 rings (SSSR count). The highest BCUT2D eigenvalue weighted by Crippen LogP contribution is 2.30. The summed E-state index contributed by atoms with van der Waals surface area (Å²) >= 11 is 0. The Hall–Kier alpha value is -0.292. The third kappa shape index (κ3) is 9.59. The number of rotatable bonds is 10. The minimum Gasteiger partial charge on any atom is -0.417 e. The van der Waals surface area contributed by atoms with E-state index in [4.69, 9.17) is 12.3 Å². The van der Waals surface area contributed by atoms with Crippen LogP contribution in [0.1, 0.15) is 11.1 Å². The molecule has 3 nitrogen and oxygen atoms in total. The molecule has 0 aliphatic rings. The number of aryl methyl sites for hydroxylation is 1. The monoisotopic (exact) mass is 426 g/mol. The molecule has 148 valence electrons. The Morgan fingerprint density at radius 2 is 1.12 bits per heavy atom. The van der Waals surface area contributed by atoms with Gasteiger partial charge in [0, 0.05) is 6.04 Å². The van der Waals surface area contributed by atoms with E-state index in [1.165, 1.54) is 5.56 Å². The second-order valence-electron chi connectivity index (χ2n) is 9.77. The molecule has 0 unspecified atom stereocenters. The molecule has 0 aliphatic carbocycles. The topological polar surface area (TPSA) is 27.7 Å². The van der Waals surface area contributed by atoms with Gasteiger partial charge in [0.1, 0.15) is 0 Å². The molecule has 0 aromatic heterocycles. The number of hydrogen-bond acceptors (Lipinski definition) is 3. The SMILES string of the molecule is C=Cc1ccc(CC[Si](O[Si](C)(C)C)(O[Si](C)(C)C)O[Si](C)(C)C)cc1. The third-order valence-electron chi connectivity index (χ3n) is 3.32. The second kappa shape index (κ2) is 8.81. The van der Waals surface area contributed by atoms with Gasteiger partial charge in [0.2, 0.25) is 0 Å². The zero-order chi connectivity index (χ0) is 20.2. The van der Waals surface area contributed by atoms with Crippen molar-refractivity contribution in [3.63, 3.8) is 0 Å². The molecule has 0 saturated heterocycles. The molecule has 0 fully saturated rings. The predicted octanol–water partition coefficient (Wildman–Crippen LogP) is 6.37. The lowest BCUT2D eigenvalue weighted by atomic mass is 10.1. The summed E-state index contributed by atoms with van der Waals surface area (Å²) in [5, 5.41) is 0. The summed E-state index contributed by atoms with van der Waals surface area (Å²) in [5.41, 5.74) is 2.44. The maximum Gasteiger partial charge on any atom is 0.469 e. The van der Waals surface area contributed by atoms with Gasteiger partial charge >= 0.3 is 8.80 Å². The Kier molecular flexibility index (Phi) is 8.04. The lowest BCUT2D eigenvalue weighted by Crippen LogP contribution is -2.60. The summed E-state index contributed by atoms with van der Waals surface area (Å²) in [6, 6.07) is 9.42. The highest BCUT2D eigenvalue weighted by atomic mass is 28.5. The first-order valence-corrected chi connectivity index (χ1v) is 21.6. The van der Waals surface area contributed by atoms with Gasteiger partial charge in [0.15, 0.2) is 25.0 Å². The summed E-state index contributed by atoms with van der Waals surface area (Å²) in [6.45, 7) is 23.9. The van der Waals surface area contributed by atoms with Gasteiger partial charge in [0.05, 0.1) is 0 Å². The molecule has 7 heteroatoms. The van der Waals surface area contributed by atoms with E-state index >= 15 is 0 Å². The van der Waals surface area contributed by atoms with Crippen LogP contribution < -0.4 is 0 Å². The summed E-state index contributed by atoms with van der Waals surface area (Å²) in [4.78, 5) is 0. The predicted molar refractivity (Wildman–Crippen MR) is 124 cm³/mol. The summed E-state index contributed by atoms with van der Waals surface area (Å²) < 4.78 is 20.2. The molecule has 0 aliphatic heterocycles. The van der Waals surface area contributed by atoms with Crippen LogP contribution in [0.3, 0.4) is 0 Å². The third-order valence-corrected chi connectivity index (χ3v) is 15.3. The van der Waals surface area contributed by atoms with Crippen molar-refractivity contribution in [3.05, 3.63) is 42.0 Å². The van der Waals surface area contributed by atoms with E-state index in [1.807, 2.05) is 6.08 Å². The lowest BCUT2D eigenvalue weighted by molar-refractivity contribution is 0.252. The Balaban J connectivity index is 3.14. The highest BCUT2D eigenvalue weighted by molar-refractivity contribution is 6.90. The Morgan fingerprint density at radius 3 is 1.42 bits per heavy atom. The van der Waals surface area contributed by atoms with Crippen LogP contribution in [-0.2, 0) is 18.8 Å². The highest BCUT2D eigenvalue weighted by Gasteiger charge is 2.49. The van der Waals surface area contributed by atoms with Crippen LogP contribution in [0.5, 0.6) is 0 Å². The molecule has 0 spiro atoms. The van der Waals surface area contributed by atoms with E-state index in [0.29, 0.717) is 0 Å². The van der Waals surface area contributed by atoms with Crippen molar-refractivity contribution in [2.24, 2.45) is 0 Å². The minimum atomic E-state index is -2.74. The standard InChI is InChI=1S/C19H38O3Si4/c1-11-18-12-14-19(15-13-18)16-17-26(20-23(2,3)4,21-24(5,6)7)22-25(8,9)10/h11-15H,1,16-17H2,2-10H3. The van der Waals surface area contributed by atoms with Crippen molar-refractivity contribution >= 4 is 39.8 Å². The number of hydrogen-bond donors (Lipinski definition) is 0. The molecule has 26 heavy (non-hydrogen) atoms. The van der Waals surface area contributed by atoms with Crippen LogP contribution in [0.4, 0.5) is 0 Å². The van der Waals surface area contributed by atoms with Crippen molar-refractivity contribution in [2.45, 2.75) is 71.4 Å². The van der Waals surface area contributed by atoms with Crippen LogP contribution in [0, 0.1) is 0 Å². The molecule has 0 bridgehead atoms. The van der Waals surface area contributed by atoms with Crippen molar-refractivity contribution in [3.8, 4) is 0 Å². The Bertz CT molecular complexity index is 540. The average Bonchev–Trinajstić information content (AvgIpc) is 2.40. The van der Waals surface area contributed by atoms with Gasteiger partial charge in [-0.25, -0.2) is 0 Å². The average molecular weight is 427 g/mol. The zero-order valence-electron chi connectivity index (χ0n) is 18.2. The van der Waals surface area contributed by atoms with Crippen molar-refractivity contribution in [1.82, 2.24) is 0 Å². The van der Waals surface area contributed by atoms with E-state index in [1.54, 1.807) is 0 Å². The zero-order valence-corrected chi connectivity index (χ0v) is 22.2. The van der Waals surface area contributed by atoms with E-state index in [-0.39, 0.29) is 0 Å². The molecule has 1 aromatic rings. The molecular weight excluding hydrogens is 389 g/mol. The van der Waals surface area contributed by atoms with Gasteiger partial charge in [-0.05, 0) is 76.5 Å². The Labute approximate surface area is 165 Å². The maximum atomic E-state index is 6.73. The van der Waals surface area contributed by atoms with Gasteiger partial charge in [-0.15, -0.1) is 0 Å². The van der Waals surface area contributed by atoms with Gasteiger partial charge in [-0.3, -0.25) is 0 Å². The number of benzene rings is 1. The molecule has 0 atom stereocenters. The van der Waals surface area contributed by atoms with Crippen molar-refractivity contribution < 1.29 is 12.3 Å². The van der Waals surface area contributed by atoms with E-state index in [2.05, 4.69) is 89.8 Å². The maximum absolute atomic E-state index is 6.73. The quantitative estimate of drug-likeness (QED) is 0.407. The molecule has 0 N–H and O–H groups in total. The first-order valence-electron chi connectivity index (χ1n) is 9.45. The molecule has 0 saturated carbocycles. The molecule has 0 heterocycles. The summed E-state index contributed by atoms with van der Waals surface area (Å²) in [7, 11) is -8.15. The molecule has 1 aromatic carbocycles. The summed E-state index contributed by atoms with van der Waals surface area (Å²) in [6.07, 6.45) is 2.79. The van der Waals surface area contributed by atoms with Crippen LogP contribution >= 0.6 is 0 Å². The van der Waals surface area contributed by atoms with Crippen molar-refractivity contribution in [2.75, 3.05) is 0 Å². The van der Waals surface area contributed by atoms with Crippen molar-refractivity contribution in [1.29, 1.82) is 0 Å². The van der Waals surface area contributed by atoms with Gasteiger partial charge < -0.3 is 12.3 Å². The van der Waals surface area contributed by atoms with Crippen LogP contribution in [0.15, 0.2) is 30.8 Å². The molecular formula is C19H38O3Si4. The normalized spacial score (nSPS) is 13.7. The molecule has 0 amide bonds. The first-order chi connectivity index (χ1) is 11.6. The molecule has 0 radical (unpaired) electrons. The van der Waals surface area contributed by atoms with E-state index in [9.17, 15) is 0 Å². The fraction of sp³-hybridized carbons (Fsp3) is 0.579. The first kappa shape index (κ1) is 23.7. The Morgan fingerprint density at radius 1 is 0.731 bits per heavy atom. The van der Waals surface area contributed by atoms with Crippen LogP contribution in [0.25, 0.3) is 6.08 Å². The van der Waals surface area contributed by atoms with Gasteiger partial charge in [0.25, 0.3) is 0 Å². The fourth-order valence-electron chi connectivity index (χ4n) is 2.73. The van der Waals surface area contributed by atoms with E-state index < -0.39 is 33.8 Å². The lowest BCUT2D eigenvalue weighted by Gasteiger charge is -2.43. The van der Waals surface area contributed by atoms with Crippen LogP contribution in [-0.4, -0.2) is 33.8 Å². The van der Waals surface area contributed by atoms with Crippen LogP contribution in [0.2, 0.25) is 65.0 Å². The smallest absolute Gasteiger partial charge is 0.417 e.